The van der Waals surface area contributed by atoms with Crippen LogP contribution < -0.4 is 10.2 Å². The van der Waals surface area contributed by atoms with Gasteiger partial charge in [-0.05, 0) is 92.3 Å². The van der Waals surface area contributed by atoms with E-state index < -0.39 is 0 Å². The van der Waals surface area contributed by atoms with Gasteiger partial charge in [-0.1, -0.05) is 29.3 Å². The number of nitrogens with zero attached hydrogens (tertiary/aromatic N) is 3. The molecule has 0 aliphatic carbocycles. The zero-order chi connectivity index (χ0) is 24.0. The van der Waals surface area contributed by atoms with Crippen molar-refractivity contribution in [1.82, 2.24) is 14.9 Å². The van der Waals surface area contributed by atoms with Crippen LogP contribution in [0.1, 0.15) is 34.7 Å². The molecule has 0 spiro atoms. The van der Waals surface area contributed by atoms with E-state index in [-0.39, 0.29) is 17.8 Å². The van der Waals surface area contributed by atoms with E-state index in [1.165, 1.54) is 0 Å². The Bertz CT molecular complexity index is 1370. The summed E-state index contributed by atoms with van der Waals surface area (Å²) < 4.78 is 2.02. The molecule has 0 amide bonds. The number of hydrogen-bond acceptors (Lipinski definition) is 3. The summed E-state index contributed by atoms with van der Waals surface area (Å²) in [5.74, 6) is 0.161. The monoisotopic (exact) mass is 508 g/mol. The van der Waals surface area contributed by atoms with Gasteiger partial charge >= 0.3 is 0 Å². The predicted molar refractivity (Wildman–Crippen MR) is 141 cm³/mol. The molecule has 34 heavy (non-hydrogen) atoms. The molecule has 2 aromatic heterocycles. The second kappa shape index (κ2) is 8.95. The van der Waals surface area contributed by atoms with Crippen LogP contribution in [-0.2, 0) is 0 Å². The average molecular weight is 509 g/mol. The molecule has 4 aromatic rings. The molecule has 1 aliphatic rings. The number of aromatic nitrogens is 2. The average Bonchev–Trinajstić information content (AvgIpc) is 3.32. The third-order valence-electron chi connectivity index (χ3n) is 6.17. The van der Waals surface area contributed by atoms with Crippen LogP contribution in [0.2, 0.25) is 10.0 Å². The fraction of sp³-hybridized carbons (Fsp3) is 0.154. The Kier molecular flexibility index (Phi) is 5.98. The van der Waals surface area contributed by atoms with Gasteiger partial charge in [-0.2, -0.15) is 0 Å². The fourth-order valence-electron chi connectivity index (χ4n) is 4.68. The van der Waals surface area contributed by atoms with Gasteiger partial charge in [0.2, 0.25) is 0 Å². The summed E-state index contributed by atoms with van der Waals surface area (Å²) in [7, 11) is 0. The fourth-order valence-corrected chi connectivity index (χ4v) is 5.32. The number of halogens is 2. The summed E-state index contributed by atoms with van der Waals surface area (Å²) in [6.07, 6.45) is 1.79. The molecule has 0 unspecified atom stereocenters. The zero-order valence-corrected chi connectivity index (χ0v) is 20.9. The molecule has 0 bridgehead atoms. The smallest absolute Gasteiger partial charge is 0.174 e. The van der Waals surface area contributed by atoms with Crippen molar-refractivity contribution in [3.63, 3.8) is 0 Å². The van der Waals surface area contributed by atoms with Crippen molar-refractivity contribution in [2.24, 2.45) is 0 Å². The van der Waals surface area contributed by atoms with Crippen LogP contribution in [0.25, 0.3) is 5.69 Å². The molecule has 2 N–H and O–H groups in total. The van der Waals surface area contributed by atoms with E-state index in [9.17, 15) is 5.11 Å². The highest BCUT2D eigenvalue weighted by Crippen LogP contribution is 2.44. The van der Waals surface area contributed by atoms with Gasteiger partial charge < -0.3 is 19.9 Å². The van der Waals surface area contributed by atoms with E-state index in [0.717, 1.165) is 28.3 Å². The number of benzene rings is 2. The summed E-state index contributed by atoms with van der Waals surface area (Å²) in [6.45, 7) is 4.06. The lowest BCUT2D eigenvalue weighted by molar-refractivity contribution is 0.471. The number of aryl methyl sites for hydroxylation is 1. The summed E-state index contributed by atoms with van der Waals surface area (Å²) in [4.78, 5) is 6.73. The van der Waals surface area contributed by atoms with E-state index >= 15 is 0 Å². The Morgan fingerprint density at radius 3 is 2.41 bits per heavy atom. The molecule has 2 aromatic carbocycles. The van der Waals surface area contributed by atoms with Gasteiger partial charge in [-0.15, -0.1) is 0 Å². The van der Waals surface area contributed by atoms with E-state index in [2.05, 4.69) is 21.3 Å². The SMILES string of the molecule is Cc1cc([C@@H]2[C@H](c3ccccn3)NC(=S)N2c2ccc(Cl)cc2)c(C)n1-c1cc(Cl)ccc1O. The molecule has 8 heteroatoms. The topological polar surface area (TPSA) is 53.3 Å². The quantitative estimate of drug-likeness (QED) is 0.301. The lowest BCUT2D eigenvalue weighted by Gasteiger charge is -2.28. The summed E-state index contributed by atoms with van der Waals surface area (Å²) in [6, 6.07) is 20.4. The van der Waals surface area contributed by atoms with Gasteiger partial charge in [0.15, 0.2) is 5.11 Å². The van der Waals surface area contributed by atoms with Crippen LogP contribution in [0.4, 0.5) is 5.69 Å². The maximum Gasteiger partial charge on any atom is 0.174 e. The number of aromatic hydroxyl groups is 1. The largest absolute Gasteiger partial charge is 0.506 e. The van der Waals surface area contributed by atoms with Gasteiger partial charge in [0.1, 0.15) is 5.75 Å². The number of phenols is 1. The standard InChI is InChI=1S/C26H22Cl2N4OS/c1-15-13-20(16(2)31(15)22-14-18(28)8-11-23(22)33)25-24(21-5-3-4-12-29-21)30-26(34)32(25)19-9-6-17(27)7-10-19/h3-14,24-25,33H,1-2H3,(H,30,34)/t24-,25+/m0/s1. The molecule has 2 atom stereocenters. The lowest BCUT2D eigenvalue weighted by atomic mass is 9.96. The van der Waals surface area contributed by atoms with Crippen molar-refractivity contribution >= 4 is 46.2 Å². The second-order valence-corrected chi connectivity index (χ2v) is 9.53. The second-order valence-electron chi connectivity index (χ2n) is 8.27. The first kappa shape index (κ1) is 22.7. The van der Waals surface area contributed by atoms with E-state index in [1.54, 1.807) is 24.4 Å². The third kappa shape index (κ3) is 3.92. The van der Waals surface area contributed by atoms with Gasteiger partial charge in [0, 0.05) is 33.3 Å². The molecule has 3 heterocycles. The molecule has 0 radical (unpaired) electrons. The predicted octanol–water partition coefficient (Wildman–Crippen LogP) is 6.68. The van der Waals surface area contributed by atoms with Gasteiger partial charge in [0.25, 0.3) is 0 Å². The molecule has 5 nitrogen and oxygen atoms in total. The Hall–Kier alpha value is -3.06. The van der Waals surface area contributed by atoms with E-state index in [1.807, 2.05) is 60.9 Å². The van der Waals surface area contributed by atoms with Crippen LogP contribution in [0.3, 0.4) is 0 Å². The van der Waals surface area contributed by atoms with Crippen molar-refractivity contribution in [2.45, 2.75) is 25.9 Å². The number of rotatable bonds is 4. The molecule has 1 aliphatic heterocycles. The van der Waals surface area contributed by atoms with Crippen LogP contribution in [0.5, 0.6) is 5.75 Å². The molecule has 5 rings (SSSR count). The van der Waals surface area contributed by atoms with Crippen molar-refractivity contribution in [2.75, 3.05) is 4.90 Å². The molecule has 1 fully saturated rings. The van der Waals surface area contributed by atoms with Gasteiger partial charge in [-0.25, -0.2) is 0 Å². The Morgan fingerprint density at radius 1 is 0.971 bits per heavy atom. The van der Waals surface area contributed by atoms with Crippen LogP contribution in [0.15, 0.2) is 72.9 Å². The number of phenolic OH excluding ortho intramolecular Hbond substituents is 1. The zero-order valence-electron chi connectivity index (χ0n) is 18.5. The summed E-state index contributed by atoms with van der Waals surface area (Å²) in [5, 5.41) is 15.9. The number of thiocarbonyl (C=S) groups is 1. The van der Waals surface area contributed by atoms with Gasteiger partial charge in [-0.3, -0.25) is 4.98 Å². The van der Waals surface area contributed by atoms with Crippen LogP contribution in [-0.4, -0.2) is 19.8 Å². The molecule has 0 saturated carbocycles. The van der Waals surface area contributed by atoms with E-state index in [0.29, 0.717) is 20.8 Å². The highest BCUT2D eigenvalue weighted by Gasteiger charge is 2.42. The van der Waals surface area contributed by atoms with Crippen molar-refractivity contribution in [1.29, 1.82) is 0 Å². The Balaban J connectivity index is 1.70. The van der Waals surface area contributed by atoms with Gasteiger partial charge in [0.05, 0.1) is 23.5 Å². The first-order valence-corrected chi connectivity index (χ1v) is 12.0. The summed E-state index contributed by atoms with van der Waals surface area (Å²) in [5.41, 5.74) is 5.47. The highest BCUT2D eigenvalue weighted by molar-refractivity contribution is 7.80. The highest BCUT2D eigenvalue weighted by atomic mass is 35.5. The van der Waals surface area contributed by atoms with Crippen molar-refractivity contribution < 1.29 is 5.11 Å². The molecule has 1 saturated heterocycles. The summed E-state index contributed by atoms with van der Waals surface area (Å²) >= 11 is 18.2. The van der Waals surface area contributed by atoms with Crippen LogP contribution >= 0.6 is 35.4 Å². The number of hydrogen-bond donors (Lipinski definition) is 2. The lowest BCUT2D eigenvalue weighted by Crippen LogP contribution is -2.29. The maximum atomic E-state index is 10.6. The number of nitrogens with one attached hydrogen (secondary N) is 1. The molecule has 172 valence electrons. The van der Waals surface area contributed by atoms with Crippen molar-refractivity contribution in [3.8, 4) is 11.4 Å². The Labute approximate surface area is 213 Å². The third-order valence-corrected chi connectivity index (χ3v) is 6.97. The minimum absolute atomic E-state index is 0.161. The maximum absolute atomic E-state index is 10.6. The minimum Gasteiger partial charge on any atom is -0.506 e. The molecular formula is C26H22Cl2N4OS. The minimum atomic E-state index is -0.176. The van der Waals surface area contributed by atoms with Crippen molar-refractivity contribution in [3.05, 3.63) is 106 Å². The first-order valence-electron chi connectivity index (χ1n) is 10.8. The Morgan fingerprint density at radius 2 is 1.71 bits per heavy atom. The normalized spacial score (nSPS) is 17.8. The number of pyridine rings is 1. The number of anilines is 1. The van der Waals surface area contributed by atoms with E-state index in [4.69, 9.17) is 35.4 Å². The van der Waals surface area contributed by atoms with Crippen LogP contribution in [0, 0.1) is 13.8 Å². The molecular weight excluding hydrogens is 487 g/mol. The first-order chi connectivity index (χ1) is 16.3.